The van der Waals surface area contributed by atoms with Gasteiger partial charge >= 0.3 is 0 Å². The fraction of sp³-hybridized carbons (Fsp3) is 0.235. The van der Waals surface area contributed by atoms with Crippen LogP contribution in [0.25, 0.3) is 0 Å². The Bertz CT molecular complexity index is 1640. The Balaban J connectivity index is 0.00000400. The zero-order chi connectivity index (χ0) is 30.5. The van der Waals surface area contributed by atoms with Crippen LogP contribution in [0.2, 0.25) is 10.0 Å². The molecule has 1 N–H and O–H groups in total. The summed E-state index contributed by atoms with van der Waals surface area (Å²) in [6, 6.07) is 25.7. The number of halogens is 3. The Hall–Kier alpha value is -3.95. The minimum Gasteiger partial charge on any atom is -0.457 e. The lowest BCUT2D eigenvalue weighted by Crippen LogP contribution is -2.48. The summed E-state index contributed by atoms with van der Waals surface area (Å²) in [6.45, 7) is 4.25. The van der Waals surface area contributed by atoms with Crippen molar-refractivity contribution in [3.05, 3.63) is 112 Å². The van der Waals surface area contributed by atoms with Crippen LogP contribution in [0.5, 0.6) is 23.0 Å². The van der Waals surface area contributed by atoms with Crippen LogP contribution in [0.3, 0.4) is 0 Å². The number of piperazine rings is 1. The maximum Gasteiger partial charge on any atom is 0.255 e. The summed E-state index contributed by atoms with van der Waals surface area (Å²) in [4.78, 5) is 29.7. The fourth-order valence-electron chi connectivity index (χ4n) is 5.17. The topological polar surface area (TPSA) is 80.3 Å². The van der Waals surface area contributed by atoms with Gasteiger partial charge in [-0.05, 0) is 84.3 Å². The van der Waals surface area contributed by atoms with E-state index in [2.05, 4.69) is 16.3 Å². The van der Waals surface area contributed by atoms with Gasteiger partial charge in [-0.15, -0.1) is 12.4 Å². The number of carbonyl (C=O) groups is 2. The summed E-state index contributed by atoms with van der Waals surface area (Å²) in [5.41, 5.74) is 3.30. The van der Waals surface area contributed by atoms with Gasteiger partial charge in [0.25, 0.3) is 5.91 Å². The first-order valence-corrected chi connectivity index (χ1v) is 15.2. The van der Waals surface area contributed by atoms with Crippen molar-refractivity contribution >= 4 is 53.1 Å². The van der Waals surface area contributed by atoms with Gasteiger partial charge in [0.05, 0.1) is 10.0 Å². The summed E-state index contributed by atoms with van der Waals surface area (Å²) in [6.07, 6.45) is 1.14. The van der Waals surface area contributed by atoms with Gasteiger partial charge < -0.3 is 24.4 Å². The van der Waals surface area contributed by atoms with Crippen molar-refractivity contribution in [1.29, 1.82) is 0 Å². The van der Waals surface area contributed by atoms with Crippen molar-refractivity contribution < 1.29 is 23.8 Å². The van der Waals surface area contributed by atoms with E-state index in [-0.39, 0.29) is 31.0 Å². The van der Waals surface area contributed by atoms with Crippen molar-refractivity contribution in [1.82, 2.24) is 9.80 Å². The highest BCUT2D eigenvalue weighted by molar-refractivity contribution is 6.42. The van der Waals surface area contributed by atoms with Crippen molar-refractivity contribution in [3.8, 4) is 23.0 Å². The molecule has 0 bridgehead atoms. The first-order valence-electron chi connectivity index (χ1n) is 14.4. The van der Waals surface area contributed by atoms with Gasteiger partial charge in [0.15, 0.2) is 11.5 Å². The number of ether oxygens (including phenoxy) is 3. The van der Waals surface area contributed by atoms with Gasteiger partial charge in [-0.3, -0.25) is 14.5 Å². The van der Waals surface area contributed by atoms with Crippen LogP contribution in [-0.4, -0.2) is 54.6 Å². The first-order chi connectivity index (χ1) is 21.4. The first kappa shape index (κ1) is 32.4. The number of rotatable bonds is 9. The molecule has 0 radical (unpaired) electrons. The molecular formula is C34H32Cl3N3O5. The third-order valence-electron chi connectivity index (χ3n) is 7.65. The lowest BCUT2D eigenvalue weighted by molar-refractivity contribution is -0.133. The largest absolute Gasteiger partial charge is 0.457 e. The minimum absolute atomic E-state index is 0. The molecule has 2 heterocycles. The van der Waals surface area contributed by atoms with Gasteiger partial charge in [-0.25, -0.2) is 0 Å². The van der Waals surface area contributed by atoms with Gasteiger partial charge in [0, 0.05) is 50.4 Å². The van der Waals surface area contributed by atoms with E-state index in [0.29, 0.717) is 45.6 Å². The van der Waals surface area contributed by atoms with E-state index in [1.54, 1.807) is 36.4 Å². The highest BCUT2D eigenvalue weighted by Gasteiger charge is 2.22. The number of hydrogen-bond acceptors (Lipinski definition) is 6. The number of carbonyl (C=O) groups excluding carboxylic acids is 2. The van der Waals surface area contributed by atoms with E-state index < -0.39 is 0 Å². The van der Waals surface area contributed by atoms with Crippen LogP contribution in [0, 0.1) is 0 Å². The molecule has 0 spiro atoms. The molecule has 0 aromatic heterocycles. The minimum atomic E-state index is -0.286. The number of nitrogens with one attached hydrogen (secondary N) is 1. The number of aryl methyl sites for hydroxylation is 1. The molecule has 1 saturated heterocycles. The van der Waals surface area contributed by atoms with E-state index in [1.807, 2.05) is 41.3 Å². The van der Waals surface area contributed by atoms with Crippen molar-refractivity contribution in [2.24, 2.45) is 0 Å². The van der Waals surface area contributed by atoms with Crippen molar-refractivity contribution in [2.75, 3.05) is 38.3 Å². The Morgan fingerprint density at radius 3 is 2.13 bits per heavy atom. The molecule has 1 fully saturated rings. The lowest BCUT2D eigenvalue weighted by Gasteiger charge is -2.34. The van der Waals surface area contributed by atoms with E-state index in [9.17, 15) is 9.59 Å². The Morgan fingerprint density at radius 1 is 0.756 bits per heavy atom. The molecular weight excluding hydrogens is 637 g/mol. The predicted octanol–water partition coefficient (Wildman–Crippen LogP) is 7.47. The van der Waals surface area contributed by atoms with E-state index in [1.165, 1.54) is 11.6 Å². The molecule has 0 aliphatic carbocycles. The average Bonchev–Trinajstić information content (AvgIpc) is 3.51. The lowest BCUT2D eigenvalue weighted by atomic mass is 10.1. The number of benzene rings is 4. The molecule has 2 aliphatic rings. The van der Waals surface area contributed by atoms with E-state index in [4.69, 9.17) is 37.4 Å². The molecule has 4 aromatic carbocycles. The quantitative estimate of drug-likeness (QED) is 0.199. The number of nitrogens with zero attached hydrogens (tertiary/aromatic N) is 2. The molecule has 234 valence electrons. The smallest absolute Gasteiger partial charge is 0.255 e. The number of hydrogen-bond donors (Lipinski definition) is 1. The van der Waals surface area contributed by atoms with E-state index in [0.717, 1.165) is 49.8 Å². The molecule has 6 rings (SSSR count). The summed E-state index contributed by atoms with van der Waals surface area (Å²) in [5.74, 6) is 2.81. The number of amides is 2. The van der Waals surface area contributed by atoms with Crippen LogP contribution in [0.1, 0.15) is 27.9 Å². The Labute approximate surface area is 278 Å². The molecule has 0 saturated carbocycles. The molecule has 2 aliphatic heterocycles. The molecule has 0 atom stereocenters. The zero-order valence-electron chi connectivity index (χ0n) is 24.3. The number of fused-ring (bicyclic) bond motifs is 1. The maximum atomic E-state index is 12.9. The van der Waals surface area contributed by atoms with E-state index >= 15 is 0 Å². The van der Waals surface area contributed by atoms with Crippen LogP contribution in [0.15, 0.2) is 84.9 Å². The molecule has 11 heteroatoms. The Morgan fingerprint density at radius 2 is 1.42 bits per heavy atom. The highest BCUT2D eigenvalue weighted by atomic mass is 35.5. The predicted molar refractivity (Wildman–Crippen MR) is 177 cm³/mol. The normalized spacial score (nSPS) is 14.0. The van der Waals surface area contributed by atoms with Crippen LogP contribution in [-0.2, 0) is 17.8 Å². The van der Waals surface area contributed by atoms with Gasteiger partial charge in [-0.1, -0.05) is 41.4 Å². The van der Waals surface area contributed by atoms with Crippen LogP contribution < -0.4 is 19.5 Å². The number of anilines is 1. The monoisotopic (exact) mass is 667 g/mol. The molecule has 45 heavy (non-hydrogen) atoms. The molecule has 2 amide bonds. The molecule has 4 aromatic rings. The van der Waals surface area contributed by atoms with Gasteiger partial charge in [0.2, 0.25) is 12.7 Å². The second-order valence-corrected chi connectivity index (χ2v) is 11.5. The standard InChI is InChI=1S/C34H31Cl2N3O5.ClH/c35-29-12-5-25(20-30(29)36)34(41)37-26-6-10-28(11-7-26)44-27-8-1-23(2-9-27)4-14-33(40)39-17-15-38(16-18-39)21-24-3-13-31-32(19-24)43-22-42-31;/h1-3,5-13,19-20H,4,14-18,21-22H2,(H,37,41);1H. The average molecular weight is 669 g/mol. The highest BCUT2D eigenvalue weighted by Crippen LogP contribution is 2.33. The zero-order valence-corrected chi connectivity index (χ0v) is 26.7. The SMILES string of the molecule is Cl.O=C(Nc1ccc(Oc2ccc(CCC(=O)N3CCN(Cc4ccc5c(c4)OCO5)CC3)cc2)cc1)c1ccc(Cl)c(Cl)c1. The third-order valence-corrected chi connectivity index (χ3v) is 8.39. The summed E-state index contributed by atoms with van der Waals surface area (Å²) < 4.78 is 16.8. The molecule has 0 unspecified atom stereocenters. The molecule has 8 nitrogen and oxygen atoms in total. The summed E-state index contributed by atoms with van der Waals surface area (Å²) in [5, 5.41) is 3.55. The van der Waals surface area contributed by atoms with Crippen LogP contribution in [0.4, 0.5) is 5.69 Å². The maximum absolute atomic E-state index is 12.9. The van der Waals surface area contributed by atoms with Crippen molar-refractivity contribution in [2.45, 2.75) is 19.4 Å². The van der Waals surface area contributed by atoms with Crippen LogP contribution >= 0.6 is 35.6 Å². The second-order valence-electron chi connectivity index (χ2n) is 10.7. The van der Waals surface area contributed by atoms with Crippen molar-refractivity contribution in [3.63, 3.8) is 0 Å². The van der Waals surface area contributed by atoms with Gasteiger partial charge in [0.1, 0.15) is 11.5 Å². The third kappa shape index (κ3) is 8.41. The Kier molecular flexibility index (Phi) is 10.7. The van der Waals surface area contributed by atoms with Gasteiger partial charge in [-0.2, -0.15) is 0 Å². The summed E-state index contributed by atoms with van der Waals surface area (Å²) in [7, 11) is 0. The summed E-state index contributed by atoms with van der Waals surface area (Å²) >= 11 is 11.9. The fourth-order valence-corrected chi connectivity index (χ4v) is 5.47. The second kappa shape index (κ2) is 14.9.